The average Bonchev–Trinajstić information content (AvgIpc) is 3.21. The number of aromatic nitrogens is 5. The van der Waals surface area contributed by atoms with Gasteiger partial charge in [0.1, 0.15) is 17.2 Å². The molecule has 1 N–H and O–H groups in total. The highest BCUT2D eigenvalue weighted by Crippen LogP contribution is 2.29. The van der Waals surface area contributed by atoms with E-state index in [4.69, 9.17) is 0 Å². The van der Waals surface area contributed by atoms with Crippen molar-refractivity contribution < 1.29 is 13.6 Å². The molecule has 10 heteroatoms. The van der Waals surface area contributed by atoms with E-state index in [2.05, 4.69) is 20.7 Å². The molecule has 0 atom stereocenters. The molecule has 0 aliphatic carbocycles. The van der Waals surface area contributed by atoms with Gasteiger partial charge in [0.05, 0.1) is 11.3 Å². The first-order valence-electron chi connectivity index (χ1n) is 10.1. The highest BCUT2D eigenvalue weighted by Gasteiger charge is 2.19. The Morgan fingerprint density at radius 3 is 2.30 bits per heavy atom. The number of nitrogens with one attached hydrogen (secondary N) is 1. The molecule has 164 valence electrons. The van der Waals surface area contributed by atoms with Gasteiger partial charge in [0.2, 0.25) is 0 Å². The molecular formula is C23H16F2N6O2. The summed E-state index contributed by atoms with van der Waals surface area (Å²) in [5.74, 6) is -1.41. The Kier molecular flexibility index (Phi) is 4.89. The molecule has 33 heavy (non-hydrogen) atoms. The lowest BCUT2D eigenvalue weighted by molar-refractivity contribution is 0.101. The standard InChI is InChI=1S/C23H16F2N6O2/c1-2-17-19(13-3-7-15(24)8-4-13)21-27-26-20-18(31(21)28-17)11-12-30(23(20)33)29-22(32)14-5-9-16(25)10-6-14/h3-12H,2H2,1H3,(H,29,32). The Labute approximate surface area is 185 Å². The second-order valence-corrected chi connectivity index (χ2v) is 7.29. The molecule has 3 heterocycles. The number of nitrogens with zero attached hydrogens (tertiary/aromatic N) is 5. The minimum atomic E-state index is -0.603. The maximum Gasteiger partial charge on any atom is 0.299 e. The fourth-order valence-corrected chi connectivity index (χ4v) is 3.61. The minimum Gasteiger partial charge on any atom is -0.267 e. The van der Waals surface area contributed by atoms with E-state index in [9.17, 15) is 18.4 Å². The van der Waals surface area contributed by atoms with Crippen molar-refractivity contribution in [2.75, 3.05) is 5.43 Å². The Bertz CT molecular complexity index is 1570. The van der Waals surface area contributed by atoms with E-state index in [1.807, 2.05) is 6.92 Å². The summed E-state index contributed by atoms with van der Waals surface area (Å²) in [6, 6.07) is 12.5. The number of rotatable bonds is 4. The molecule has 0 aliphatic rings. The van der Waals surface area contributed by atoms with Gasteiger partial charge in [-0.15, -0.1) is 10.2 Å². The van der Waals surface area contributed by atoms with Crippen LogP contribution in [0.2, 0.25) is 0 Å². The molecule has 0 spiro atoms. The van der Waals surface area contributed by atoms with Gasteiger partial charge in [-0.05, 0) is 54.4 Å². The largest absolute Gasteiger partial charge is 0.299 e. The lowest BCUT2D eigenvalue weighted by Gasteiger charge is -2.09. The van der Waals surface area contributed by atoms with Crippen LogP contribution in [-0.2, 0) is 6.42 Å². The molecule has 1 amide bonds. The number of amides is 1. The van der Waals surface area contributed by atoms with Crippen LogP contribution in [0.5, 0.6) is 0 Å². The first-order chi connectivity index (χ1) is 16.0. The monoisotopic (exact) mass is 446 g/mol. The molecule has 0 bridgehead atoms. The molecule has 0 aliphatic heterocycles. The van der Waals surface area contributed by atoms with Crippen LogP contribution in [-0.4, -0.2) is 30.4 Å². The van der Waals surface area contributed by atoms with Crippen LogP contribution < -0.4 is 11.0 Å². The number of hydrogen-bond donors (Lipinski definition) is 1. The van der Waals surface area contributed by atoms with Crippen LogP contribution in [0.4, 0.5) is 8.78 Å². The summed E-state index contributed by atoms with van der Waals surface area (Å²) in [5.41, 5.74) is 5.03. The summed E-state index contributed by atoms with van der Waals surface area (Å²) in [5, 5.41) is 12.9. The third kappa shape index (κ3) is 3.51. The van der Waals surface area contributed by atoms with Gasteiger partial charge in [-0.1, -0.05) is 19.1 Å². The smallest absolute Gasteiger partial charge is 0.267 e. The molecule has 2 aromatic carbocycles. The van der Waals surface area contributed by atoms with Crippen molar-refractivity contribution in [2.45, 2.75) is 13.3 Å². The van der Waals surface area contributed by atoms with E-state index < -0.39 is 17.3 Å². The molecule has 0 saturated carbocycles. The molecule has 0 unspecified atom stereocenters. The highest BCUT2D eigenvalue weighted by atomic mass is 19.1. The number of benzene rings is 2. The van der Waals surface area contributed by atoms with Crippen molar-refractivity contribution in [1.82, 2.24) is 24.5 Å². The van der Waals surface area contributed by atoms with Gasteiger partial charge >= 0.3 is 0 Å². The number of pyridine rings is 1. The lowest BCUT2D eigenvalue weighted by atomic mass is 10.0. The summed E-state index contributed by atoms with van der Waals surface area (Å²) < 4.78 is 29.0. The Balaban J connectivity index is 1.61. The molecule has 0 fully saturated rings. The number of fused-ring (bicyclic) bond motifs is 3. The molecule has 0 saturated heterocycles. The number of aryl methyl sites for hydroxylation is 1. The third-order valence-electron chi connectivity index (χ3n) is 5.25. The van der Waals surface area contributed by atoms with Crippen molar-refractivity contribution in [1.29, 1.82) is 0 Å². The average molecular weight is 446 g/mol. The van der Waals surface area contributed by atoms with E-state index >= 15 is 0 Å². The van der Waals surface area contributed by atoms with Crippen molar-refractivity contribution in [3.8, 4) is 11.1 Å². The van der Waals surface area contributed by atoms with Crippen molar-refractivity contribution >= 4 is 22.6 Å². The topological polar surface area (TPSA) is 94.2 Å². The summed E-state index contributed by atoms with van der Waals surface area (Å²) in [6.07, 6.45) is 1.97. The lowest BCUT2D eigenvalue weighted by Crippen LogP contribution is -2.33. The summed E-state index contributed by atoms with van der Waals surface area (Å²) >= 11 is 0. The highest BCUT2D eigenvalue weighted by molar-refractivity contribution is 6.00. The van der Waals surface area contributed by atoms with E-state index in [0.717, 1.165) is 28.1 Å². The van der Waals surface area contributed by atoms with Crippen LogP contribution >= 0.6 is 0 Å². The van der Waals surface area contributed by atoms with Crippen LogP contribution in [0.25, 0.3) is 27.8 Å². The Morgan fingerprint density at radius 1 is 0.970 bits per heavy atom. The number of carbonyl (C=O) groups excluding carboxylic acids is 1. The zero-order valence-corrected chi connectivity index (χ0v) is 17.3. The van der Waals surface area contributed by atoms with Crippen LogP contribution in [0, 0.1) is 11.6 Å². The van der Waals surface area contributed by atoms with E-state index in [1.54, 1.807) is 18.2 Å². The predicted molar refractivity (Wildman–Crippen MR) is 117 cm³/mol. The van der Waals surface area contributed by atoms with Crippen LogP contribution in [0.1, 0.15) is 23.0 Å². The van der Waals surface area contributed by atoms with Crippen molar-refractivity contribution in [3.63, 3.8) is 0 Å². The fourth-order valence-electron chi connectivity index (χ4n) is 3.61. The quantitative estimate of drug-likeness (QED) is 0.457. The van der Waals surface area contributed by atoms with E-state index in [-0.39, 0.29) is 16.9 Å². The fraction of sp³-hybridized carbons (Fsp3) is 0.0870. The summed E-state index contributed by atoms with van der Waals surface area (Å²) in [4.78, 5) is 25.4. The second kappa shape index (κ2) is 7.90. The van der Waals surface area contributed by atoms with Crippen molar-refractivity contribution in [2.24, 2.45) is 0 Å². The molecule has 0 radical (unpaired) electrons. The number of halogens is 2. The van der Waals surface area contributed by atoms with Gasteiger partial charge in [0.25, 0.3) is 11.5 Å². The van der Waals surface area contributed by atoms with Gasteiger partial charge in [-0.25, -0.2) is 18.0 Å². The molecule has 5 aromatic rings. The zero-order chi connectivity index (χ0) is 23.1. The predicted octanol–water partition coefficient (Wildman–Crippen LogP) is 3.33. The molecule has 8 nitrogen and oxygen atoms in total. The Morgan fingerprint density at radius 2 is 1.64 bits per heavy atom. The first kappa shape index (κ1) is 20.4. The normalized spacial score (nSPS) is 11.2. The molecule has 3 aromatic heterocycles. The first-order valence-corrected chi connectivity index (χ1v) is 10.1. The second-order valence-electron chi connectivity index (χ2n) is 7.29. The molecule has 5 rings (SSSR count). The Hall–Kier alpha value is -4.47. The van der Waals surface area contributed by atoms with Crippen LogP contribution in [0.3, 0.4) is 0 Å². The summed E-state index contributed by atoms with van der Waals surface area (Å²) in [7, 11) is 0. The maximum atomic E-state index is 13.4. The zero-order valence-electron chi connectivity index (χ0n) is 17.3. The van der Waals surface area contributed by atoms with E-state index in [0.29, 0.717) is 23.1 Å². The number of carbonyl (C=O) groups is 1. The van der Waals surface area contributed by atoms with E-state index in [1.165, 1.54) is 35.0 Å². The van der Waals surface area contributed by atoms with Gasteiger partial charge in [-0.2, -0.15) is 5.10 Å². The molecular weight excluding hydrogens is 430 g/mol. The van der Waals surface area contributed by atoms with Gasteiger partial charge < -0.3 is 0 Å². The number of hydrogen-bond acceptors (Lipinski definition) is 5. The minimum absolute atomic E-state index is 0.000199. The SMILES string of the molecule is CCc1nn2c(nnc3c(=O)n(NC(=O)c4ccc(F)cc4)ccc32)c1-c1ccc(F)cc1. The summed E-state index contributed by atoms with van der Waals surface area (Å²) in [6.45, 7) is 1.93. The third-order valence-corrected chi connectivity index (χ3v) is 5.25. The van der Waals surface area contributed by atoms with Gasteiger partial charge in [-0.3, -0.25) is 15.0 Å². The maximum absolute atomic E-state index is 13.4. The van der Waals surface area contributed by atoms with Crippen LogP contribution in [0.15, 0.2) is 65.6 Å². The van der Waals surface area contributed by atoms with Crippen molar-refractivity contribution in [3.05, 3.63) is 94.0 Å². The van der Waals surface area contributed by atoms with Gasteiger partial charge in [0.15, 0.2) is 11.2 Å². The van der Waals surface area contributed by atoms with Gasteiger partial charge in [0, 0.05) is 11.8 Å².